The number of carbonyl (C=O) groups is 3. The fourth-order valence-corrected chi connectivity index (χ4v) is 3.22. The van der Waals surface area contributed by atoms with Gasteiger partial charge in [0.2, 0.25) is 5.91 Å². The zero-order chi connectivity index (χ0) is 17.3. The molecule has 2 N–H and O–H groups in total. The molecule has 0 radical (unpaired) electrons. The zero-order valence-corrected chi connectivity index (χ0v) is 13.9. The van der Waals surface area contributed by atoms with Crippen LogP contribution in [0, 0.1) is 6.92 Å². The lowest BCUT2D eigenvalue weighted by Gasteiger charge is -2.20. The van der Waals surface area contributed by atoms with E-state index in [2.05, 4.69) is 10.3 Å². The van der Waals surface area contributed by atoms with Crippen molar-refractivity contribution in [1.82, 2.24) is 15.2 Å². The van der Waals surface area contributed by atoms with Crippen molar-refractivity contribution < 1.29 is 14.4 Å². The highest BCUT2D eigenvalue weighted by molar-refractivity contribution is 6.45. The SMILES string of the molecule is Cc1[nH]c2ccccc2c1C(=O)C(=O)NC(C)C(=O)N1CCCC1. The van der Waals surface area contributed by atoms with Crippen LogP contribution in [0.5, 0.6) is 0 Å². The standard InChI is InChI=1S/C18H21N3O3/c1-11-15(13-7-3-4-8-14(13)19-11)16(22)17(23)20-12(2)18(24)21-9-5-6-10-21/h3-4,7-8,12,19H,5-6,9-10H2,1-2H3,(H,20,23). The Labute approximate surface area is 140 Å². The first kappa shape index (κ1) is 16.2. The summed E-state index contributed by atoms with van der Waals surface area (Å²) in [4.78, 5) is 42.0. The molecule has 0 spiro atoms. The number of nitrogens with one attached hydrogen (secondary N) is 2. The fraction of sp³-hybridized carbons (Fsp3) is 0.389. The number of fused-ring (bicyclic) bond motifs is 1. The predicted molar refractivity (Wildman–Crippen MR) is 90.8 cm³/mol. The largest absolute Gasteiger partial charge is 0.358 e. The summed E-state index contributed by atoms with van der Waals surface area (Å²) in [6.07, 6.45) is 1.97. The van der Waals surface area contributed by atoms with Crippen LogP contribution in [0.2, 0.25) is 0 Å². The van der Waals surface area contributed by atoms with Crippen LogP contribution in [0.25, 0.3) is 10.9 Å². The second-order valence-corrected chi connectivity index (χ2v) is 6.23. The highest BCUT2D eigenvalue weighted by Gasteiger charge is 2.28. The third kappa shape index (κ3) is 2.91. The molecule has 1 aromatic carbocycles. The van der Waals surface area contributed by atoms with E-state index in [1.807, 2.05) is 18.2 Å². The Morgan fingerprint density at radius 2 is 1.83 bits per heavy atom. The van der Waals surface area contributed by atoms with Crippen molar-refractivity contribution in [3.63, 3.8) is 0 Å². The van der Waals surface area contributed by atoms with Crippen molar-refractivity contribution >= 4 is 28.5 Å². The van der Waals surface area contributed by atoms with Gasteiger partial charge in [-0.1, -0.05) is 18.2 Å². The van der Waals surface area contributed by atoms with Gasteiger partial charge in [-0.15, -0.1) is 0 Å². The molecule has 1 saturated heterocycles. The van der Waals surface area contributed by atoms with Crippen molar-refractivity contribution in [2.75, 3.05) is 13.1 Å². The smallest absolute Gasteiger partial charge is 0.293 e. The predicted octanol–water partition coefficient (Wildman–Crippen LogP) is 1.79. The molecule has 1 atom stereocenters. The molecule has 2 amide bonds. The molecular weight excluding hydrogens is 306 g/mol. The molecule has 1 aliphatic rings. The highest BCUT2D eigenvalue weighted by atomic mass is 16.2. The van der Waals surface area contributed by atoms with Crippen LogP contribution in [-0.2, 0) is 9.59 Å². The van der Waals surface area contributed by atoms with Gasteiger partial charge < -0.3 is 15.2 Å². The number of hydrogen-bond donors (Lipinski definition) is 2. The van der Waals surface area contributed by atoms with E-state index in [0.717, 1.165) is 18.4 Å². The number of benzene rings is 1. The number of likely N-dealkylation sites (tertiary alicyclic amines) is 1. The Balaban J connectivity index is 1.75. The van der Waals surface area contributed by atoms with Gasteiger partial charge in [0.1, 0.15) is 6.04 Å². The summed E-state index contributed by atoms with van der Waals surface area (Å²) in [6, 6.07) is 6.65. The topological polar surface area (TPSA) is 82.3 Å². The minimum absolute atomic E-state index is 0.135. The van der Waals surface area contributed by atoms with Crippen LogP contribution in [0.15, 0.2) is 24.3 Å². The maximum Gasteiger partial charge on any atom is 0.293 e. The van der Waals surface area contributed by atoms with Crippen LogP contribution in [-0.4, -0.2) is 46.6 Å². The van der Waals surface area contributed by atoms with E-state index in [0.29, 0.717) is 29.7 Å². The van der Waals surface area contributed by atoms with E-state index in [-0.39, 0.29) is 5.91 Å². The zero-order valence-electron chi connectivity index (χ0n) is 13.9. The molecular formula is C18H21N3O3. The molecule has 0 bridgehead atoms. The number of Topliss-reactive ketones (excluding diaryl/α,β-unsaturated/α-hetero) is 1. The number of hydrogen-bond acceptors (Lipinski definition) is 3. The van der Waals surface area contributed by atoms with Gasteiger partial charge >= 0.3 is 0 Å². The second-order valence-electron chi connectivity index (χ2n) is 6.23. The maximum absolute atomic E-state index is 12.6. The molecule has 2 aromatic rings. The first-order chi connectivity index (χ1) is 11.5. The molecule has 0 saturated carbocycles. The van der Waals surface area contributed by atoms with Gasteiger partial charge in [-0.05, 0) is 32.8 Å². The van der Waals surface area contributed by atoms with E-state index < -0.39 is 17.7 Å². The number of rotatable bonds is 4. The van der Waals surface area contributed by atoms with E-state index in [1.54, 1.807) is 24.8 Å². The van der Waals surface area contributed by atoms with Crippen molar-refractivity contribution in [3.8, 4) is 0 Å². The molecule has 3 rings (SSSR count). The van der Waals surface area contributed by atoms with Gasteiger partial charge in [0, 0.05) is 29.7 Å². The molecule has 6 heteroatoms. The Bertz CT molecular complexity index is 803. The fourth-order valence-electron chi connectivity index (χ4n) is 3.22. The number of aromatic nitrogens is 1. The lowest BCUT2D eigenvalue weighted by Crippen LogP contribution is -2.47. The quantitative estimate of drug-likeness (QED) is 0.663. The van der Waals surface area contributed by atoms with Gasteiger partial charge in [-0.2, -0.15) is 0 Å². The number of ketones is 1. The van der Waals surface area contributed by atoms with Gasteiger partial charge in [-0.25, -0.2) is 0 Å². The van der Waals surface area contributed by atoms with Gasteiger partial charge in [0.05, 0.1) is 5.56 Å². The average molecular weight is 327 g/mol. The van der Waals surface area contributed by atoms with Gasteiger partial charge in [0.25, 0.3) is 11.7 Å². The molecule has 1 unspecified atom stereocenters. The third-order valence-corrected chi connectivity index (χ3v) is 4.46. The van der Waals surface area contributed by atoms with E-state index in [4.69, 9.17) is 0 Å². The van der Waals surface area contributed by atoms with Crippen LogP contribution in [0.1, 0.15) is 35.8 Å². The average Bonchev–Trinajstić information content (AvgIpc) is 3.20. The number of H-pyrrole nitrogens is 1. The second kappa shape index (κ2) is 6.47. The summed E-state index contributed by atoms with van der Waals surface area (Å²) in [5.74, 6) is -1.50. The summed E-state index contributed by atoms with van der Waals surface area (Å²) in [5.41, 5.74) is 1.83. The van der Waals surface area contributed by atoms with Crippen molar-refractivity contribution in [3.05, 3.63) is 35.5 Å². The maximum atomic E-state index is 12.6. The first-order valence-electron chi connectivity index (χ1n) is 8.20. The molecule has 126 valence electrons. The number of aryl methyl sites for hydroxylation is 1. The third-order valence-electron chi connectivity index (χ3n) is 4.46. The summed E-state index contributed by atoms with van der Waals surface area (Å²) in [5, 5.41) is 3.26. The normalized spacial score (nSPS) is 15.5. The van der Waals surface area contributed by atoms with Gasteiger partial charge in [-0.3, -0.25) is 14.4 Å². The highest BCUT2D eigenvalue weighted by Crippen LogP contribution is 2.22. The first-order valence-corrected chi connectivity index (χ1v) is 8.20. The molecule has 1 fully saturated rings. The minimum Gasteiger partial charge on any atom is -0.358 e. The van der Waals surface area contributed by atoms with E-state index in [9.17, 15) is 14.4 Å². The Morgan fingerprint density at radius 1 is 1.17 bits per heavy atom. The number of nitrogens with zero attached hydrogens (tertiary/aromatic N) is 1. The van der Waals surface area contributed by atoms with Gasteiger partial charge in [0.15, 0.2) is 0 Å². The molecule has 1 aromatic heterocycles. The molecule has 2 heterocycles. The number of aromatic amines is 1. The molecule has 6 nitrogen and oxygen atoms in total. The number of para-hydroxylation sites is 1. The summed E-state index contributed by atoms with van der Waals surface area (Å²) in [6.45, 7) is 4.82. The van der Waals surface area contributed by atoms with Crippen LogP contribution in [0.4, 0.5) is 0 Å². The van der Waals surface area contributed by atoms with Crippen molar-refractivity contribution in [2.45, 2.75) is 32.7 Å². The van der Waals surface area contributed by atoms with Crippen LogP contribution < -0.4 is 5.32 Å². The summed E-state index contributed by atoms with van der Waals surface area (Å²) in [7, 11) is 0. The molecule has 24 heavy (non-hydrogen) atoms. The van der Waals surface area contributed by atoms with Crippen LogP contribution >= 0.6 is 0 Å². The Kier molecular flexibility index (Phi) is 4.38. The number of carbonyl (C=O) groups excluding carboxylic acids is 3. The number of amides is 2. The van der Waals surface area contributed by atoms with E-state index >= 15 is 0 Å². The molecule has 1 aliphatic heterocycles. The Morgan fingerprint density at radius 3 is 2.54 bits per heavy atom. The van der Waals surface area contributed by atoms with Crippen molar-refractivity contribution in [2.24, 2.45) is 0 Å². The lowest BCUT2D eigenvalue weighted by atomic mass is 10.1. The monoisotopic (exact) mass is 327 g/mol. The van der Waals surface area contributed by atoms with E-state index in [1.165, 1.54) is 0 Å². The summed E-state index contributed by atoms with van der Waals surface area (Å²) >= 11 is 0. The minimum atomic E-state index is -0.747. The van der Waals surface area contributed by atoms with Crippen LogP contribution in [0.3, 0.4) is 0 Å². The Hall–Kier alpha value is -2.63. The summed E-state index contributed by atoms with van der Waals surface area (Å²) < 4.78 is 0. The lowest BCUT2D eigenvalue weighted by molar-refractivity contribution is -0.134. The van der Waals surface area contributed by atoms with Crippen molar-refractivity contribution in [1.29, 1.82) is 0 Å². The molecule has 0 aliphatic carbocycles.